The summed E-state index contributed by atoms with van der Waals surface area (Å²) in [6.45, 7) is 7.05. The first-order chi connectivity index (χ1) is 12.8. The highest BCUT2D eigenvalue weighted by Gasteiger charge is 2.33. The van der Waals surface area contributed by atoms with E-state index < -0.39 is 22.5 Å². The summed E-state index contributed by atoms with van der Waals surface area (Å²) in [4.78, 5) is 10.7. The Morgan fingerprint density at radius 1 is 1.00 bits per heavy atom. The molecule has 0 spiro atoms. The van der Waals surface area contributed by atoms with Gasteiger partial charge in [0.2, 0.25) is 0 Å². The van der Waals surface area contributed by atoms with Crippen molar-refractivity contribution in [3.8, 4) is 11.5 Å². The van der Waals surface area contributed by atoms with Gasteiger partial charge in [-0.2, -0.15) is 0 Å². The Bertz CT molecular complexity index is 882. The Morgan fingerprint density at radius 2 is 1.57 bits per heavy atom. The summed E-state index contributed by atoms with van der Waals surface area (Å²) >= 11 is 1.97. The third kappa shape index (κ3) is 5.73. The summed E-state index contributed by atoms with van der Waals surface area (Å²) in [5.41, 5.74) is 0.134. The first-order valence-electron chi connectivity index (χ1n) is 8.31. The van der Waals surface area contributed by atoms with Crippen LogP contribution in [-0.2, 0) is 5.41 Å². The quantitative estimate of drug-likeness (QED) is 0.264. The molecule has 9 heteroatoms. The lowest BCUT2D eigenvalue weighted by Crippen LogP contribution is -2.21. The highest BCUT2D eigenvalue weighted by atomic mass is 127. The van der Waals surface area contributed by atoms with Gasteiger partial charge in [-0.05, 0) is 65.8 Å². The van der Waals surface area contributed by atoms with Crippen LogP contribution in [0.25, 0.3) is 0 Å². The van der Waals surface area contributed by atoms with E-state index in [1.807, 2.05) is 22.6 Å². The molecule has 0 unspecified atom stereocenters. The molecule has 2 aromatic carbocycles. The number of non-ortho nitro benzene ring substituents is 1. The van der Waals surface area contributed by atoms with Gasteiger partial charge in [-0.3, -0.25) is 10.1 Å². The minimum atomic E-state index is -4.85. The molecule has 0 aliphatic heterocycles. The van der Waals surface area contributed by atoms with Gasteiger partial charge in [0.1, 0.15) is 11.5 Å². The number of hydrogen-bond acceptors (Lipinski definition) is 4. The van der Waals surface area contributed by atoms with Crippen LogP contribution < -0.4 is 9.47 Å². The van der Waals surface area contributed by atoms with Crippen LogP contribution in [0, 0.1) is 13.7 Å². The SMILES string of the molecule is CC(C)Oc1cc(OC(F)(F)F)cc(C(C)(C)c2cc(I)cc([N+](=O)[O-])c2)c1. The lowest BCUT2D eigenvalue weighted by atomic mass is 9.78. The topological polar surface area (TPSA) is 61.6 Å². The van der Waals surface area contributed by atoms with Crippen molar-refractivity contribution in [2.75, 3.05) is 0 Å². The molecule has 2 aromatic rings. The molecule has 5 nitrogen and oxygen atoms in total. The maximum Gasteiger partial charge on any atom is 0.573 e. The van der Waals surface area contributed by atoms with Crippen molar-refractivity contribution in [3.63, 3.8) is 0 Å². The second-order valence-corrected chi connectivity index (χ2v) is 8.23. The third-order valence-electron chi connectivity index (χ3n) is 4.02. The van der Waals surface area contributed by atoms with Crippen molar-refractivity contribution < 1.29 is 27.6 Å². The van der Waals surface area contributed by atoms with Crippen molar-refractivity contribution in [2.45, 2.75) is 45.6 Å². The Kier molecular flexibility index (Phi) is 6.47. The molecule has 0 N–H and O–H groups in total. The normalized spacial score (nSPS) is 12.2. The van der Waals surface area contributed by atoms with Crippen LogP contribution in [0.4, 0.5) is 18.9 Å². The number of rotatable bonds is 6. The van der Waals surface area contributed by atoms with Gasteiger partial charge in [-0.1, -0.05) is 13.8 Å². The van der Waals surface area contributed by atoms with Gasteiger partial charge in [-0.15, -0.1) is 13.2 Å². The lowest BCUT2D eigenvalue weighted by molar-refractivity contribution is -0.385. The molecule has 0 fully saturated rings. The van der Waals surface area contributed by atoms with Crippen LogP contribution in [-0.4, -0.2) is 17.4 Å². The molecule has 0 amide bonds. The summed E-state index contributed by atoms with van der Waals surface area (Å²) in [6, 6.07) is 8.67. The van der Waals surface area contributed by atoms with Gasteiger partial charge >= 0.3 is 6.36 Å². The smallest absolute Gasteiger partial charge is 0.491 e. The van der Waals surface area contributed by atoms with Crippen molar-refractivity contribution in [3.05, 3.63) is 61.2 Å². The van der Waals surface area contributed by atoms with Crippen molar-refractivity contribution in [1.29, 1.82) is 0 Å². The highest BCUT2D eigenvalue weighted by Crippen LogP contribution is 2.39. The van der Waals surface area contributed by atoms with Crippen molar-refractivity contribution >= 4 is 28.3 Å². The molecule has 0 aliphatic carbocycles. The Balaban J connectivity index is 2.60. The Labute approximate surface area is 174 Å². The second kappa shape index (κ2) is 8.14. The first kappa shape index (κ1) is 22.3. The first-order valence-corrected chi connectivity index (χ1v) is 9.39. The molecule has 0 heterocycles. The molecule has 0 aliphatic rings. The monoisotopic (exact) mass is 509 g/mol. The largest absolute Gasteiger partial charge is 0.573 e. The van der Waals surface area contributed by atoms with E-state index in [2.05, 4.69) is 4.74 Å². The van der Waals surface area contributed by atoms with Crippen LogP contribution >= 0.6 is 22.6 Å². The van der Waals surface area contributed by atoms with E-state index in [1.165, 1.54) is 24.3 Å². The van der Waals surface area contributed by atoms with Gasteiger partial charge in [-0.25, -0.2) is 0 Å². The fourth-order valence-electron chi connectivity index (χ4n) is 2.67. The van der Waals surface area contributed by atoms with Gasteiger partial charge in [0.15, 0.2) is 0 Å². The molecule has 28 heavy (non-hydrogen) atoms. The van der Waals surface area contributed by atoms with E-state index in [9.17, 15) is 23.3 Å². The standard InChI is InChI=1S/C19H19F3INO4/c1-11(2)27-16-7-13(8-17(10-16)28-19(20,21)22)18(3,4)12-5-14(23)9-15(6-12)24(25)26/h5-11H,1-4H3. The van der Waals surface area contributed by atoms with Crippen LogP contribution in [0.1, 0.15) is 38.8 Å². The van der Waals surface area contributed by atoms with Gasteiger partial charge in [0.05, 0.1) is 11.0 Å². The van der Waals surface area contributed by atoms with E-state index in [1.54, 1.807) is 39.8 Å². The maximum absolute atomic E-state index is 12.7. The number of nitrogens with zero attached hydrogens (tertiary/aromatic N) is 1. The highest BCUT2D eigenvalue weighted by molar-refractivity contribution is 14.1. The zero-order valence-electron chi connectivity index (χ0n) is 15.6. The minimum Gasteiger partial charge on any atom is -0.491 e. The van der Waals surface area contributed by atoms with Gasteiger partial charge in [0.25, 0.3) is 5.69 Å². The van der Waals surface area contributed by atoms with Crippen LogP contribution in [0.3, 0.4) is 0 Å². The van der Waals surface area contributed by atoms with Crippen LogP contribution in [0.2, 0.25) is 0 Å². The number of nitro benzene ring substituents is 1. The number of halogens is 4. The second-order valence-electron chi connectivity index (χ2n) is 6.99. The van der Waals surface area contributed by atoms with Crippen molar-refractivity contribution in [1.82, 2.24) is 0 Å². The molecule has 0 bridgehead atoms. The van der Waals surface area contributed by atoms with E-state index in [-0.39, 0.29) is 17.5 Å². The van der Waals surface area contributed by atoms with Crippen LogP contribution in [0.5, 0.6) is 11.5 Å². The number of ether oxygens (including phenoxy) is 2. The van der Waals surface area contributed by atoms with E-state index in [4.69, 9.17) is 4.74 Å². The maximum atomic E-state index is 12.7. The molecule has 0 atom stereocenters. The van der Waals surface area contributed by atoms with Gasteiger partial charge < -0.3 is 9.47 Å². The fraction of sp³-hybridized carbons (Fsp3) is 0.368. The summed E-state index contributed by atoms with van der Waals surface area (Å²) in [6.07, 6.45) is -5.10. The average molecular weight is 509 g/mol. The van der Waals surface area contributed by atoms with Crippen LogP contribution in [0.15, 0.2) is 36.4 Å². The molecular weight excluding hydrogens is 490 g/mol. The molecule has 0 saturated carbocycles. The number of hydrogen-bond donors (Lipinski definition) is 0. The average Bonchev–Trinajstić information content (AvgIpc) is 2.51. The minimum absolute atomic E-state index is 0.0867. The van der Waals surface area contributed by atoms with E-state index in [0.29, 0.717) is 14.7 Å². The molecule has 0 aromatic heterocycles. The molecule has 0 saturated heterocycles. The summed E-state index contributed by atoms with van der Waals surface area (Å²) in [5.74, 6) is -0.186. The Morgan fingerprint density at radius 3 is 2.11 bits per heavy atom. The third-order valence-corrected chi connectivity index (χ3v) is 4.64. The zero-order chi connectivity index (χ0) is 21.3. The number of alkyl halides is 3. The molecule has 0 radical (unpaired) electrons. The summed E-state index contributed by atoms with van der Waals surface area (Å²) in [5, 5.41) is 11.2. The fourth-order valence-corrected chi connectivity index (χ4v) is 3.33. The lowest BCUT2D eigenvalue weighted by Gasteiger charge is -2.27. The number of benzene rings is 2. The summed E-state index contributed by atoms with van der Waals surface area (Å²) < 4.78 is 48.5. The molecule has 2 rings (SSSR count). The Hall–Kier alpha value is -2.04. The van der Waals surface area contributed by atoms with E-state index >= 15 is 0 Å². The predicted molar refractivity (Wildman–Crippen MR) is 107 cm³/mol. The number of nitro groups is 1. The predicted octanol–water partition coefficient (Wildman–Crippen LogP) is 6.21. The van der Waals surface area contributed by atoms with Gasteiger partial charge in [0, 0.05) is 27.2 Å². The van der Waals surface area contributed by atoms with Crippen molar-refractivity contribution in [2.24, 2.45) is 0 Å². The van der Waals surface area contributed by atoms with E-state index in [0.717, 1.165) is 0 Å². The molecule has 152 valence electrons. The summed E-state index contributed by atoms with van der Waals surface area (Å²) in [7, 11) is 0. The zero-order valence-corrected chi connectivity index (χ0v) is 17.8. The molecular formula is C19H19F3INO4.